The lowest BCUT2D eigenvalue weighted by atomic mass is 9.97. The standard InChI is InChI=1S/C21H19N5O2/c1-28-16-9-4-6-14(12-16)13-18(20-23-25-26-24-20)21(27)22-19-11-5-8-15-7-2-3-10-17(15)19/h2-12,18H,13H2,1H3,(H,22,27)(H,23,24,25,26)/t18-/m0/s1. The van der Waals surface area contributed by atoms with Gasteiger partial charge in [-0.25, -0.2) is 0 Å². The Hall–Kier alpha value is -3.74. The zero-order chi connectivity index (χ0) is 19.3. The van der Waals surface area contributed by atoms with E-state index in [1.807, 2.05) is 66.7 Å². The number of hydrogen-bond donors (Lipinski definition) is 2. The summed E-state index contributed by atoms with van der Waals surface area (Å²) in [5.41, 5.74) is 1.70. The van der Waals surface area contributed by atoms with Crippen molar-refractivity contribution in [3.63, 3.8) is 0 Å². The highest BCUT2D eigenvalue weighted by Gasteiger charge is 2.26. The van der Waals surface area contributed by atoms with Crippen LogP contribution in [0.3, 0.4) is 0 Å². The molecule has 0 unspecified atom stereocenters. The Morgan fingerprint density at radius 1 is 1.11 bits per heavy atom. The Balaban J connectivity index is 1.63. The molecule has 0 bridgehead atoms. The molecule has 3 aromatic carbocycles. The molecule has 7 heteroatoms. The topological polar surface area (TPSA) is 92.8 Å². The predicted molar refractivity (Wildman–Crippen MR) is 106 cm³/mol. The van der Waals surface area contributed by atoms with E-state index in [-0.39, 0.29) is 5.91 Å². The summed E-state index contributed by atoms with van der Waals surface area (Å²) in [6, 6.07) is 21.3. The Morgan fingerprint density at radius 3 is 2.75 bits per heavy atom. The lowest BCUT2D eigenvalue weighted by molar-refractivity contribution is -0.117. The Morgan fingerprint density at radius 2 is 1.93 bits per heavy atom. The van der Waals surface area contributed by atoms with E-state index in [1.165, 1.54) is 0 Å². The molecule has 7 nitrogen and oxygen atoms in total. The lowest BCUT2D eigenvalue weighted by Crippen LogP contribution is -2.24. The van der Waals surface area contributed by atoms with Gasteiger partial charge >= 0.3 is 0 Å². The fraction of sp³-hybridized carbons (Fsp3) is 0.143. The molecule has 0 saturated carbocycles. The largest absolute Gasteiger partial charge is 0.497 e. The first kappa shape index (κ1) is 17.7. The number of hydrogen-bond acceptors (Lipinski definition) is 5. The minimum atomic E-state index is -0.593. The summed E-state index contributed by atoms with van der Waals surface area (Å²) >= 11 is 0. The highest BCUT2D eigenvalue weighted by Crippen LogP contribution is 2.26. The minimum Gasteiger partial charge on any atom is -0.497 e. The zero-order valence-corrected chi connectivity index (χ0v) is 15.3. The minimum absolute atomic E-state index is 0.194. The summed E-state index contributed by atoms with van der Waals surface area (Å²) in [6.07, 6.45) is 0.424. The smallest absolute Gasteiger partial charge is 0.235 e. The van der Waals surface area contributed by atoms with Crippen LogP contribution in [0.25, 0.3) is 10.8 Å². The molecule has 0 aliphatic carbocycles. The second kappa shape index (κ2) is 7.87. The van der Waals surface area contributed by atoms with Crippen LogP contribution in [0.1, 0.15) is 17.3 Å². The molecule has 0 aliphatic heterocycles. The van der Waals surface area contributed by atoms with Crippen LogP contribution in [0, 0.1) is 0 Å². The first-order valence-corrected chi connectivity index (χ1v) is 8.89. The van der Waals surface area contributed by atoms with Crippen LogP contribution in [0.4, 0.5) is 5.69 Å². The fourth-order valence-electron chi connectivity index (χ4n) is 3.21. The van der Waals surface area contributed by atoms with Crippen LogP contribution in [0.2, 0.25) is 0 Å². The molecule has 0 radical (unpaired) electrons. The number of amides is 1. The summed E-state index contributed by atoms with van der Waals surface area (Å²) in [4.78, 5) is 13.1. The van der Waals surface area contributed by atoms with E-state index in [1.54, 1.807) is 7.11 Å². The van der Waals surface area contributed by atoms with E-state index in [2.05, 4.69) is 25.9 Å². The molecule has 1 aromatic heterocycles. The lowest BCUT2D eigenvalue weighted by Gasteiger charge is -2.15. The number of methoxy groups -OCH3 is 1. The molecule has 140 valence electrons. The highest BCUT2D eigenvalue weighted by molar-refractivity contribution is 6.04. The molecule has 0 fully saturated rings. The van der Waals surface area contributed by atoms with Gasteiger partial charge in [0.1, 0.15) is 11.7 Å². The maximum atomic E-state index is 13.1. The van der Waals surface area contributed by atoms with Crippen molar-refractivity contribution in [2.75, 3.05) is 12.4 Å². The van der Waals surface area contributed by atoms with Gasteiger partial charge in [0.05, 0.1) is 7.11 Å². The molecule has 1 atom stereocenters. The molecule has 0 saturated heterocycles. The number of nitrogens with one attached hydrogen (secondary N) is 2. The van der Waals surface area contributed by atoms with E-state index in [0.29, 0.717) is 12.2 Å². The van der Waals surface area contributed by atoms with Crippen LogP contribution in [-0.4, -0.2) is 33.6 Å². The van der Waals surface area contributed by atoms with Crippen molar-refractivity contribution < 1.29 is 9.53 Å². The average Bonchev–Trinajstić information content (AvgIpc) is 3.27. The zero-order valence-electron chi connectivity index (χ0n) is 15.3. The van der Waals surface area contributed by atoms with Gasteiger partial charge in [0.2, 0.25) is 5.91 Å². The number of H-pyrrole nitrogens is 1. The van der Waals surface area contributed by atoms with Crippen LogP contribution < -0.4 is 10.1 Å². The highest BCUT2D eigenvalue weighted by atomic mass is 16.5. The van der Waals surface area contributed by atoms with Crippen LogP contribution in [-0.2, 0) is 11.2 Å². The van der Waals surface area contributed by atoms with Crippen molar-refractivity contribution in [3.8, 4) is 5.75 Å². The fourth-order valence-corrected chi connectivity index (χ4v) is 3.21. The number of aromatic nitrogens is 4. The van der Waals surface area contributed by atoms with E-state index < -0.39 is 5.92 Å². The van der Waals surface area contributed by atoms with Crippen molar-refractivity contribution in [3.05, 3.63) is 78.1 Å². The molecule has 1 amide bonds. The number of aromatic amines is 1. The molecule has 28 heavy (non-hydrogen) atoms. The van der Waals surface area contributed by atoms with Crippen molar-refractivity contribution in [1.29, 1.82) is 0 Å². The summed E-state index contributed by atoms with van der Waals surface area (Å²) in [5.74, 6) is 0.296. The van der Waals surface area contributed by atoms with Gasteiger partial charge < -0.3 is 10.1 Å². The Kier molecular flexibility index (Phi) is 4.97. The predicted octanol–water partition coefficient (Wildman–Crippen LogP) is 3.33. The quantitative estimate of drug-likeness (QED) is 0.541. The third-order valence-electron chi connectivity index (χ3n) is 4.61. The molecule has 2 N–H and O–H groups in total. The number of rotatable bonds is 6. The Labute approximate surface area is 161 Å². The summed E-state index contributed by atoms with van der Waals surface area (Å²) < 4.78 is 5.28. The van der Waals surface area contributed by atoms with Crippen LogP contribution >= 0.6 is 0 Å². The van der Waals surface area contributed by atoms with Crippen LogP contribution in [0.15, 0.2) is 66.7 Å². The van der Waals surface area contributed by atoms with Gasteiger partial charge in [0, 0.05) is 11.1 Å². The van der Waals surface area contributed by atoms with Gasteiger partial charge in [-0.1, -0.05) is 53.7 Å². The maximum Gasteiger partial charge on any atom is 0.235 e. The number of fused-ring (bicyclic) bond motifs is 1. The normalized spacial score (nSPS) is 11.9. The van der Waals surface area contributed by atoms with Gasteiger partial charge in [-0.3, -0.25) is 4.79 Å². The van der Waals surface area contributed by atoms with E-state index in [9.17, 15) is 4.79 Å². The molecule has 1 heterocycles. The van der Waals surface area contributed by atoms with Crippen LogP contribution in [0.5, 0.6) is 5.75 Å². The summed E-state index contributed by atoms with van der Waals surface area (Å²) in [5, 5.41) is 19.2. The number of nitrogens with zero attached hydrogens (tertiary/aromatic N) is 3. The van der Waals surface area contributed by atoms with E-state index in [0.717, 1.165) is 27.8 Å². The van der Waals surface area contributed by atoms with E-state index >= 15 is 0 Å². The number of tetrazole rings is 1. The Bertz CT molecular complexity index is 1090. The van der Waals surface area contributed by atoms with Crippen molar-refractivity contribution in [2.45, 2.75) is 12.3 Å². The van der Waals surface area contributed by atoms with Gasteiger partial charge in [0.15, 0.2) is 5.82 Å². The molecular formula is C21H19N5O2. The number of ether oxygens (including phenoxy) is 1. The number of carbonyl (C=O) groups excluding carboxylic acids is 1. The molecular weight excluding hydrogens is 354 g/mol. The average molecular weight is 373 g/mol. The SMILES string of the molecule is COc1cccc(C[C@H](C(=O)Nc2cccc3ccccc23)c2nn[nH]n2)c1. The molecule has 4 aromatic rings. The number of benzene rings is 3. The van der Waals surface area contributed by atoms with E-state index in [4.69, 9.17) is 4.74 Å². The first-order chi connectivity index (χ1) is 13.7. The van der Waals surface area contributed by atoms with Crippen molar-refractivity contribution >= 4 is 22.4 Å². The van der Waals surface area contributed by atoms with Crippen molar-refractivity contribution in [2.24, 2.45) is 0 Å². The third kappa shape index (κ3) is 3.68. The van der Waals surface area contributed by atoms with Crippen molar-refractivity contribution in [1.82, 2.24) is 20.6 Å². The summed E-state index contributed by atoms with van der Waals surface area (Å²) in [7, 11) is 1.61. The summed E-state index contributed by atoms with van der Waals surface area (Å²) in [6.45, 7) is 0. The molecule has 4 rings (SSSR count). The molecule has 0 aliphatic rings. The number of carbonyl (C=O) groups is 1. The second-order valence-corrected chi connectivity index (χ2v) is 6.39. The van der Waals surface area contributed by atoms with Gasteiger partial charge in [0.25, 0.3) is 0 Å². The second-order valence-electron chi connectivity index (χ2n) is 6.39. The number of anilines is 1. The monoisotopic (exact) mass is 373 g/mol. The maximum absolute atomic E-state index is 13.1. The van der Waals surface area contributed by atoms with Gasteiger partial charge in [-0.2, -0.15) is 5.21 Å². The third-order valence-corrected chi connectivity index (χ3v) is 4.61. The molecule has 0 spiro atoms. The van der Waals surface area contributed by atoms with Gasteiger partial charge in [-0.15, -0.1) is 10.2 Å². The first-order valence-electron chi connectivity index (χ1n) is 8.89. The van der Waals surface area contributed by atoms with Gasteiger partial charge in [-0.05, 0) is 35.6 Å².